The monoisotopic (exact) mass is 532 g/mol. The van der Waals surface area contributed by atoms with Gasteiger partial charge in [0.1, 0.15) is 5.82 Å². The smallest absolute Gasteiger partial charge is 0.475 e. The summed E-state index contributed by atoms with van der Waals surface area (Å²) in [5.74, 6) is -2.84. The number of hydrogen-bond acceptors (Lipinski definition) is 6. The van der Waals surface area contributed by atoms with Crippen LogP contribution in [-0.4, -0.2) is 99.8 Å². The van der Waals surface area contributed by atoms with Gasteiger partial charge >= 0.3 is 24.3 Å². The van der Waals surface area contributed by atoms with Crippen LogP contribution in [0.4, 0.5) is 26.3 Å². The van der Waals surface area contributed by atoms with E-state index in [0.717, 1.165) is 32.2 Å². The summed E-state index contributed by atoms with van der Waals surface area (Å²) in [6.45, 7) is 10.2. The fourth-order valence-electron chi connectivity index (χ4n) is 4.30. The molecule has 0 bridgehead atoms. The van der Waals surface area contributed by atoms with E-state index in [0.29, 0.717) is 5.92 Å². The third-order valence-electron chi connectivity index (χ3n) is 5.88. The summed E-state index contributed by atoms with van der Waals surface area (Å²) < 4.78 is 71.4. The molecule has 2 unspecified atom stereocenters. The molecule has 0 aromatic carbocycles. The SMILES string of the molecule is O=C(O)C(F)(F)F.O=C(O)C(F)(F)F.c1cn2c(n1)CN(CC1CCOC1)CC(CN1CCCC1)C2. The number of halogens is 6. The molecule has 0 radical (unpaired) electrons. The minimum absolute atomic E-state index is 0.717. The van der Waals surface area contributed by atoms with E-state index >= 15 is 0 Å². The minimum atomic E-state index is -5.08. The number of carboxylic acids is 2. The molecule has 0 aliphatic carbocycles. The van der Waals surface area contributed by atoms with E-state index in [4.69, 9.17) is 24.5 Å². The number of aromatic nitrogens is 2. The number of rotatable bonds is 4. The van der Waals surface area contributed by atoms with Gasteiger partial charge in [-0.1, -0.05) is 0 Å². The molecular weight excluding hydrogens is 502 g/mol. The normalized spacial score (nSPS) is 23.1. The predicted molar refractivity (Wildman–Crippen MR) is 113 cm³/mol. The van der Waals surface area contributed by atoms with Gasteiger partial charge in [-0.2, -0.15) is 26.3 Å². The molecule has 206 valence electrons. The van der Waals surface area contributed by atoms with Crippen molar-refractivity contribution in [3.8, 4) is 0 Å². The highest BCUT2D eigenvalue weighted by molar-refractivity contribution is 5.73. The number of imidazole rings is 1. The van der Waals surface area contributed by atoms with Crippen LogP contribution in [0.3, 0.4) is 0 Å². The molecule has 2 fully saturated rings. The number of alkyl halides is 6. The number of carbonyl (C=O) groups is 2. The first-order valence-corrected chi connectivity index (χ1v) is 11.4. The zero-order valence-corrected chi connectivity index (χ0v) is 19.5. The number of fused-ring (bicyclic) bond motifs is 1. The molecule has 2 atom stereocenters. The zero-order valence-electron chi connectivity index (χ0n) is 19.5. The number of nitrogens with zero attached hydrogens (tertiary/aromatic N) is 4. The number of hydrogen-bond donors (Lipinski definition) is 2. The minimum Gasteiger partial charge on any atom is -0.475 e. The van der Waals surface area contributed by atoms with Crippen LogP contribution in [-0.2, 0) is 27.4 Å². The quantitative estimate of drug-likeness (QED) is 0.571. The lowest BCUT2D eigenvalue weighted by Gasteiger charge is -2.28. The zero-order chi connectivity index (χ0) is 26.9. The molecule has 3 aliphatic heterocycles. The van der Waals surface area contributed by atoms with Gasteiger partial charge in [0.2, 0.25) is 0 Å². The number of carboxylic acid groups (broad SMARTS) is 2. The lowest BCUT2D eigenvalue weighted by atomic mass is 10.1. The molecule has 4 rings (SSSR count). The molecule has 0 saturated carbocycles. The summed E-state index contributed by atoms with van der Waals surface area (Å²) in [5, 5.41) is 14.2. The molecular formula is C21H30F6N4O5. The second-order valence-corrected chi connectivity index (χ2v) is 8.90. The Bertz CT molecular complexity index is 771. The van der Waals surface area contributed by atoms with Crippen molar-refractivity contribution in [3.63, 3.8) is 0 Å². The van der Waals surface area contributed by atoms with E-state index < -0.39 is 24.3 Å². The van der Waals surface area contributed by atoms with Gasteiger partial charge in [-0.05, 0) is 38.3 Å². The van der Waals surface area contributed by atoms with E-state index in [1.807, 2.05) is 6.20 Å². The Morgan fingerprint density at radius 3 is 2.00 bits per heavy atom. The molecule has 4 heterocycles. The molecule has 3 aliphatic rings. The Morgan fingerprint density at radius 2 is 1.50 bits per heavy atom. The molecule has 2 saturated heterocycles. The third kappa shape index (κ3) is 10.3. The van der Waals surface area contributed by atoms with Crippen LogP contribution in [0, 0.1) is 11.8 Å². The van der Waals surface area contributed by atoms with E-state index in [2.05, 4.69) is 25.5 Å². The average molecular weight is 532 g/mol. The summed E-state index contributed by atoms with van der Waals surface area (Å²) in [6, 6.07) is 0. The highest BCUT2D eigenvalue weighted by atomic mass is 19.4. The van der Waals surface area contributed by atoms with Gasteiger partial charge < -0.3 is 24.4 Å². The van der Waals surface area contributed by atoms with Gasteiger partial charge in [0.25, 0.3) is 0 Å². The molecule has 0 amide bonds. The molecule has 1 aromatic rings. The number of likely N-dealkylation sites (tertiary alicyclic amines) is 1. The summed E-state index contributed by atoms with van der Waals surface area (Å²) in [7, 11) is 0. The maximum absolute atomic E-state index is 10.6. The fraction of sp³-hybridized carbons (Fsp3) is 0.762. The second kappa shape index (κ2) is 13.2. The molecule has 0 spiro atoms. The maximum Gasteiger partial charge on any atom is 0.490 e. The van der Waals surface area contributed by atoms with E-state index in [9.17, 15) is 26.3 Å². The second-order valence-electron chi connectivity index (χ2n) is 8.90. The fourth-order valence-corrected chi connectivity index (χ4v) is 4.30. The summed E-state index contributed by atoms with van der Waals surface area (Å²) >= 11 is 0. The highest BCUT2D eigenvalue weighted by Gasteiger charge is 2.39. The van der Waals surface area contributed by atoms with Crippen molar-refractivity contribution in [2.24, 2.45) is 11.8 Å². The third-order valence-corrected chi connectivity index (χ3v) is 5.88. The van der Waals surface area contributed by atoms with E-state index in [1.54, 1.807) is 0 Å². The van der Waals surface area contributed by atoms with Crippen LogP contribution >= 0.6 is 0 Å². The van der Waals surface area contributed by atoms with Crippen LogP contribution in [0.15, 0.2) is 12.4 Å². The topological polar surface area (TPSA) is 108 Å². The van der Waals surface area contributed by atoms with Crippen molar-refractivity contribution < 1.29 is 50.9 Å². The van der Waals surface area contributed by atoms with Crippen LogP contribution in [0.25, 0.3) is 0 Å². The van der Waals surface area contributed by atoms with Crippen molar-refractivity contribution in [3.05, 3.63) is 18.2 Å². The summed E-state index contributed by atoms with van der Waals surface area (Å²) in [5.41, 5.74) is 0. The van der Waals surface area contributed by atoms with Gasteiger partial charge in [0, 0.05) is 51.1 Å². The van der Waals surface area contributed by atoms with Gasteiger partial charge in [-0.3, -0.25) is 4.90 Å². The van der Waals surface area contributed by atoms with Crippen LogP contribution in [0.1, 0.15) is 25.1 Å². The summed E-state index contributed by atoms with van der Waals surface area (Å²) in [6.07, 6.45) is -2.06. The van der Waals surface area contributed by atoms with Crippen LogP contribution in [0.5, 0.6) is 0 Å². The Balaban J connectivity index is 0.000000271. The van der Waals surface area contributed by atoms with Gasteiger partial charge in [0.05, 0.1) is 13.2 Å². The molecule has 2 N–H and O–H groups in total. The predicted octanol–water partition coefficient (Wildman–Crippen LogP) is 2.71. The average Bonchev–Trinajstić information content (AvgIpc) is 3.51. The largest absolute Gasteiger partial charge is 0.490 e. The first-order valence-electron chi connectivity index (χ1n) is 11.4. The van der Waals surface area contributed by atoms with Crippen molar-refractivity contribution in [2.75, 3.05) is 45.9 Å². The van der Waals surface area contributed by atoms with Gasteiger partial charge in [-0.25, -0.2) is 14.6 Å². The number of aliphatic carboxylic acids is 2. The first-order chi connectivity index (χ1) is 16.8. The maximum atomic E-state index is 10.6. The van der Waals surface area contributed by atoms with Crippen molar-refractivity contribution >= 4 is 11.9 Å². The lowest BCUT2D eigenvalue weighted by Crippen LogP contribution is -2.37. The molecule has 36 heavy (non-hydrogen) atoms. The van der Waals surface area contributed by atoms with Crippen molar-refractivity contribution in [1.29, 1.82) is 0 Å². The Hall–Kier alpha value is -2.39. The van der Waals surface area contributed by atoms with Gasteiger partial charge in [0.15, 0.2) is 0 Å². The molecule has 1 aromatic heterocycles. The standard InChI is InChI=1S/C17H28N4O.2C2HF3O2/c1-2-6-19(5-1)10-16-11-20(9-15-3-8-22-14-15)13-17-18-4-7-21(17)12-16;2*3-2(4,5)1(6)7/h4,7,15-16H,1-3,5-6,8-14H2;2*(H,6,7). The van der Waals surface area contributed by atoms with Crippen molar-refractivity contribution in [1.82, 2.24) is 19.4 Å². The molecule has 9 nitrogen and oxygen atoms in total. The summed E-state index contributed by atoms with van der Waals surface area (Å²) in [4.78, 5) is 27.7. The Morgan fingerprint density at radius 1 is 0.944 bits per heavy atom. The lowest BCUT2D eigenvalue weighted by molar-refractivity contribution is -0.193. The van der Waals surface area contributed by atoms with E-state index in [1.165, 1.54) is 57.8 Å². The van der Waals surface area contributed by atoms with Crippen molar-refractivity contribution in [2.45, 2.75) is 44.7 Å². The Labute approximate surface area is 203 Å². The van der Waals surface area contributed by atoms with Crippen LogP contribution < -0.4 is 0 Å². The van der Waals surface area contributed by atoms with Crippen LogP contribution in [0.2, 0.25) is 0 Å². The van der Waals surface area contributed by atoms with Gasteiger partial charge in [-0.15, -0.1) is 0 Å². The van der Waals surface area contributed by atoms with E-state index in [-0.39, 0.29) is 0 Å². The highest BCUT2D eigenvalue weighted by Crippen LogP contribution is 2.22. The number of ether oxygens (including phenoxy) is 1. The molecule has 15 heteroatoms. The Kier molecular flexibility index (Phi) is 11.0. The first kappa shape index (κ1) is 29.8.